The second kappa shape index (κ2) is 14.9. The average molecular weight is 689 g/mol. The van der Waals surface area contributed by atoms with Gasteiger partial charge in [0.15, 0.2) is 0 Å². The Kier molecular flexibility index (Phi) is 11.4. The fourth-order valence-corrected chi connectivity index (χ4v) is 8.44. The van der Waals surface area contributed by atoms with Crippen molar-refractivity contribution in [2.45, 2.75) is 68.4 Å². The number of hydrogen-bond donors (Lipinski definition) is 3. The number of carbonyl (C=O) groups is 1. The van der Waals surface area contributed by atoms with Gasteiger partial charge in [-0.1, -0.05) is 6.07 Å². The molecule has 4 heterocycles. The Balaban J connectivity index is 1.37. The summed E-state index contributed by atoms with van der Waals surface area (Å²) < 4.78 is 70.0. The minimum Gasteiger partial charge on any atom is -0.390 e. The molecule has 1 atom stereocenters. The van der Waals surface area contributed by atoms with Crippen molar-refractivity contribution in [3.8, 4) is 11.3 Å². The lowest BCUT2D eigenvalue weighted by molar-refractivity contribution is -0.139. The number of rotatable bonds is 12. The minimum atomic E-state index is -4.52. The van der Waals surface area contributed by atoms with E-state index < -0.39 is 40.4 Å². The Morgan fingerprint density at radius 1 is 1.11 bits per heavy atom. The number of amides is 1. The van der Waals surface area contributed by atoms with Crippen molar-refractivity contribution in [3.63, 3.8) is 0 Å². The second-order valence-corrected chi connectivity index (χ2v) is 15.5. The van der Waals surface area contributed by atoms with Crippen LogP contribution in [0.5, 0.6) is 0 Å². The van der Waals surface area contributed by atoms with Gasteiger partial charge in [-0.05, 0) is 50.9 Å². The van der Waals surface area contributed by atoms with E-state index in [-0.39, 0.29) is 30.6 Å². The first kappa shape index (κ1) is 35.1. The number of aromatic nitrogens is 2. The number of nitrogens with one attached hydrogen (secondary N) is 1. The average Bonchev–Trinajstić information content (AvgIpc) is 3.65. The van der Waals surface area contributed by atoms with Gasteiger partial charge in [-0.25, -0.2) is 8.42 Å². The van der Waals surface area contributed by atoms with Crippen LogP contribution in [0.1, 0.15) is 42.5 Å². The van der Waals surface area contributed by atoms with E-state index in [2.05, 4.69) is 15.1 Å². The number of hydrogen-bond acceptors (Lipinski definition) is 9. The van der Waals surface area contributed by atoms with Crippen molar-refractivity contribution in [2.24, 2.45) is 0 Å². The summed E-state index contributed by atoms with van der Waals surface area (Å²) in [7, 11) is -3.53. The molecule has 3 aliphatic heterocycles. The number of thioether (sulfide) groups is 1. The van der Waals surface area contributed by atoms with Crippen molar-refractivity contribution in [3.05, 3.63) is 35.0 Å². The Morgan fingerprint density at radius 3 is 2.48 bits per heavy atom. The van der Waals surface area contributed by atoms with E-state index in [0.29, 0.717) is 68.0 Å². The fourth-order valence-electron chi connectivity index (χ4n) is 6.53. The highest BCUT2D eigenvalue weighted by Crippen LogP contribution is 2.40. The monoisotopic (exact) mass is 688 g/mol. The van der Waals surface area contributed by atoms with Gasteiger partial charge in [0.1, 0.15) is 6.61 Å². The molecule has 1 amide bonds. The van der Waals surface area contributed by atoms with Crippen LogP contribution in [0, 0.1) is 0 Å². The first-order valence-electron chi connectivity index (χ1n) is 15.7. The van der Waals surface area contributed by atoms with Crippen molar-refractivity contribution < 1.29 is 36.6 Å². The van der Waals surface area contributed by atoms with Crippen molar-refractivity contribution >= 4 is 27.7 Å². The number of piperidine rings is 1. The van der Waals surface area contributed by atoms with Crippen LogP contribution in [0.25, 0.3) is 11.3 Å². The number of alkyl halides is 3. The first-order chi connectivity index (χ1) is 21.8. The molecule has 11 nitrogen and oxygen atoms in total. The fraction of sp³-hybridized carbons (Fsp3) is 0.667. The largest absolute Gasteiger partial charge is 0.417 e. The number of β-amino-alcohol motifs (C(OH)–C–C–N with tert-alkyl or cyclic N) is 1. The van der Waals surface area contributed by atoms with Crippen LogP contribution >= 0.6 is 11.8 Å². The third-order valence-electron chi connectivity index (χ3n) is 8.94. The normalized spacial score (nSPS) is 19.8. The number of nitrogens with zero attached hydrogens (tertiary/aromatic N) is 5. The molecule has 2 saturated heterocycles. The number of likely N-dealkylation sites (tertiary alicyclic amines) is 2. The molecule has 1 aromatic carbocycles. The van der Waals surface area contributed by atoms with Gasteiger partial charge >= 0.3 is 6.18 Å². The Bertz CT molecular complexity index is 1470. The van der Waals surface area contributed by atoms with Crippen molar-refractivity contribution in [1.82, 2.24) is 29.2 Å². The zero-order valence-corrected chi connectivity index (χ0v) is 27.6. The number of carbonyl (C=O) groups excluding carboxylic acids is 1. The third kappa shape index (κ3) is 8.82. The Hall–Kier alpha value is -2.21. The molecule has 0 saturated carbocycles. The maximum atomic E-state index is 14.0. The summed E-state index contributed by atoms with van der Waals surface area (Å²) in [5.74, 6) is 0.103. The standard InChI is InChI=1S/C30H43F3N6O5S2/c1-46(43,44)38-13-8-26-24(19-38)29(35-39(26)18-23(41)17-37-11-6-22(7-12-37)34-28(42)20-40)21-4-5-25(30(31,32)33)27(16-21)45-15-14-36-9-2-3-10-36/h4-5,16,22-23,40-41H,2-3,6-15,17-20H2,1H3,(H,34,42). The van der Waals surface area contributed by atoms with E-state index in [9.17, 15) is 31.5 Å². The Morgan fingerprint density at radius 2 is 1.83 bits per heavy atom. The molecule has 1 unspecified atom stereocenters. The van der Waals surface area contributed by atoms with Gasteiger partial charge in [-0.15, -0.1) is 11.8 Å². The summed E-state index contributed by atoms with van der Waals surface area (Å²) >= 11 is 1.17. The number of sulfonamides is 1. The molecular weight excluding hydrogens is 645 g/mol. The zero-order valence-electron chi connectivity index (χ0n) is 26.0. The van der Waals surface area contributed by atoms with Crippen LogP contribution in [0.2, 0.25) is 0 Å². The predicted octanol–water partition coefficient (Wildman–Crippen LogP) is 2.01. The zero-order chi connectivity index (χ0) is 33.1. The first-order valence-corrected chi connectivity index (χ1v) is 18.6. The lowest BCUT2D eigenvalue weighted by Crippen LogP contribution is -2.47. The highest BCUT2D eigenvalue weighted by Gasteiger charge is 2.35. The molecule has 46 heavy (non-hydrogen) atoms. The molecule has 3 N–H and O–H groups in total. The molecule has 2 aromatic rings. The molecule has 0 radical (unpaired) electrons. The highest BCUT2D eigenvalue weighted by molar-refractivity contribution is 7.99. The molecule has 0 bridgehead atoms. The van der Waals surface area contributed by atoms with Crippen LogP contribution in [0.4, 0.5) is 13.2 Å². The lowest BCUT2D eigenvalue weighted by Gasteiger charge is -2.33. The van der Waals surface area contributed by atoms with Gasteiger partial charge in [-0.2, -0.15) is 22.6 Å². The molecular formula is C30H43F3N6O5S2. The van der Waals surface area contributed by atoms with Gasteiger partial charge < -0.3 is 25.3 Å². The molecule has 256 valence electrons. The molecule has 16 heteroatoms. The van der Waals surface area contributed by atoms with E-state index in [4.69, 9.17) is 10.2 Å². The number of aliphatic hydroxyl groups is 2. The third-order valence-corrected chi connectivity index (χ3v) is 11.2. The van der Waals surface area contributed by atoms with E-state index in [1.807, 2.05) is 0 Å². The highest BCUT2D eigenvalue weighted by atomic mass is 32.2. The van der Waals surface area contributed by atoms with Crippen LogP contribution in [-0.4, -0.2) is 125 Å². The number of halogens is 3. The summed E-state index contributed by atoms with van der Waals surface area (Å²) in [5, 5.41) is 27.6. The minimum absolute atomic E-state index is 0.0291. The Labute approximate surface area is 272 Å². The quantitative estimate of drug-likeness (QED) is 0.287. The number of fused-ring (bicyclic) bond motifs is 1. The van der Waals surface area contributed by atoms with Gasteiger partial charge in [0.2, 0.25) is 15.9 Å². The molecule has 0 aliphatic carbocycles. The maximum Gasteiger partial charge on any atom is 0.417 e. The lowest BCUT2D eigenvalue weighted by atomic mass is 10.0. The van der Waals surface area contributed by atoms with Gasteiger partial charge in [0, 0.05) is 79.2 Å². The molecule has 2 fully saturated rings. The van der Waals surface area contributed by atoms with E-state index in [0.717, 1.165) is 43.9 Å². The van der Waals surface area contributed by atoms with E-state index in [1.165, 1.54) is 28.2 Å². The van der Waals surface area contributed by atoms with Crippen molar-refractivity contribution in [1.29, 1.82) is 0 Å². The van der Waals surface area contributed by atoms with Crippen LogP contribution in [-0.2, 0) is 40.5 Å². The summed E-state index contributed by atoms with van der Waals surface area (Å²) in [5.41, 5.74) is 1.60. The van der Waals surface area contributed by atoms with E-state index in [1.54, 1.807) is 4.68 Å². The number of aliphatic hydroxyl groups excluding tert-OH is 2. The molecule has 5 rings (SSSR count). The predicted molar refractivity (Wildman–Crippen MR) is 169 cm³/mol. The second-order valence-electron chi connectivity index (χ2n) is 12.4. The van der Waals surface area contributed by atoms with Crippen molar-refractivity contribution in [2.75, 3.05) is 64.4 Å². The van der Waals surface area contributed by atoms with Gasteiger partial charge in [0.05, 0.1) is 30.2 Å². The van der Waals surface area contributed by atoms with Gasteiger partial charge in [-0.3, -0.25) is 9.48 Å². The topological polar surface area (TPSA) is 131 Å². The summed E-state index contributed by atoms with van der Waals surface area (Å²) in [4.78, 5) is 16.0. The smallest absolute Gasteiger partial charge is 0.390 e. The SMILES string of the molecule is CS(=O)(=O)N1CCc2c(c(-c3ccc(C(F)(F)F)c(SCCN4CCCC4)c3)nn2CC(O)CN2CCC(NC(=O)CO)CC2)C1. The molecule has 1 aromatic heterocycles. The van der Waals surface area contributed by atoms with Crippen LogP contribution in [0.15, 0.2) is 23.1 Å². The summed E-state index contributed by atoms with van der Waals surface area (Å²) in [6, 6.07) is 3.96. The maximum absolute atomic E-state index is 14.0. The van der Waals surface area contributed by atoms with Gasteiger partial charge in [0.25, 0.3) is 0 Å². The van der Waals surface area contributed by atoms with E-state index >= 15 is 0 Å². The van der Waals surface area contributed by atoms with Crippen LogP contribution < -0.4 is 5.32 Å². The molecule has 3 aliphatic rings. The molecule has 0 spiro atoms. The number of benzene rings is 1. The van der Waals surface area contributed by atoms with Crippen LogP contribution in [0.3, 0.4) is 0 Å². The summed E-state index contributed by atoms with van der Waals surface area (Å²) in [6.07, 6.45) is -0.259. The summed E-state index contributed by atoms with van der Waals surface area (Å²) in [6.45, 7) is 4.16.